The van der Waals surface area contributed by atoms with Crippen LogP contribution in [0.4, 0.5) is 0 Å². The molecular weight excluding hydrogens is 264 g/mol. The van der Waals surface area contributed by atoms with Crippen LogP contribution in [-0.2, 0) is 14.3 Å². The van der Waals surface area contributed by atoms with E-state index >= 15 is 0 Å². The average molecular weight is 288 g/mol. The number of hydrogen-bond donors (Lipinski definition) is 0. The van der Waals surface area contributed by atoms with Crippen LogP contribution >= 0.6 is 0 Å². The summed E-state index contributed by atoms with van der Waals surface area (Å²) in [6, 6.07) is 0. The Kier molecular flexibility index (Phi) is 6.06. The first-order valence-electron chi connectivity index (χ1n) is 7.22. The van der Waals surface area contributed by atoms with E-state index in [1.807, 2.05) is 20.8 Å². The second-order valence-corrected chi connectivity index (χ2v) is 6.01. The summed E-state index contributed by atoms with van der Waals surface area (Å²) in [5.41, 5.74) is 1.13. The molecule has 0 aliphatic heterocycles. The number of rotatable bonds is 5. The van der Waals surface area contributed by atoms with Crippen LogP contribution in [0.1, 0.15) is 34.6 Å². The molecule has 0 bridgehead atoms. The van der Waals surface area contributed by atoms with Crippen molar-refractivity contribution in [2.75, 3.05) is 13.2 Å². The van der Waals surface area contributed by atoms with E-state index in [0.717, 1.165) is 0 Å². The zero-order chi connectivity index (χ0) is 16.0. The van der Waals surface area contributed by atoms with Gasteiger partial charge >= 0.3 is 5.97 Å². The van der Waals surface area contributed by atoms with Gasteiger partial charge in [0.2, 0.25) is 6.10 Å². The van der Waals surface area contributed by atoms with Crippen molar-refractivity contribution in [1.29, 1.82) is 0 Å². The SMILES string of the molecule is C#CC(C#CCOCC)OC(=O)C1C(C=C(C)C)C1(C)C. The molecule has 0 aromatic rings. The monoisotopic (exact) mass is 288 g/mol. The van der Waals surface area contributed by atoms with Gasteiger partial charge in [-0.05, 0) is 43.9 Å². The Bertz CT molecular complexity index is 507. The summed E-state index contributed by atoms with van der Waals surface area (Å²) in [4.78, 5) is 12.2. The van der Waals surface area contributed by atoms with Gasteiger partial charge in [0.05, 0.1) is 5.92 Å². The predicted molar refractivity (Wildman–Crippen MR) is 83.2 cm³/mol. The minimum absolute atomic E-state index is 0.0771. The lowest BCUT2D eigenvalue weighted by molar-refractivity contribution is -0.147. The number of terminal acetylenes is 1. The number of ether oxygens (including phenoxy) is 2. The minimum Gasteiger partial charge on any atom is -0.437 e. The molecule has 1 aliphatic rings. The van der Waals surface area contributed by atoms with Crippen LogP contribution < -0.4 is 0 Å². The van der Waals surface area contributed by atoms with Gasteiger partial charge in [0.15, 0.2) is 0 Å². The molecule has 0 saturated heterocycles. The highest BCUT2D eigenvalue weighted by Crippen LogP contribution is 2.59. The van der Waals surface area contributed by atoms with Crippen LogP contribution in [0.5, 0.6) is 0 Å². The van der Waals surface area contributed by atoms with Crippen LogP contribution in [0.15, 0.2) is 11.6 Å². The molecule has 0 aromatic carbocycles. The fourth-order valence-electron chi connectivity index (χ4n) is 2.38. The highest BCUT2D eigenvalue weighted by Gasteiger charge is 2.61. The van der Waals surface area contributed by atoms with E-state index in [-0.39, 0.29) is 23.2 Å². The average Bonchev–Trinajstić information content (AvgIpc) is 2.93. The van der Waals surface area contributed by atoms with Crippen molar-refractivity contribution in [2.24, 2.45) is 17.3 Å². The first-order valence-corrected chi connectivity index (χ1v) is 7.22. The third kappa shape index (κ3) is 4.66. The minimum atomic E-state index is -0.804. The van der Waals surface area contributed by atoms with Gasteiger partial charge in [-0.25, -0.2) is 0 Å². The van der Waals surface area contributed by atoms with Gasteiger partial charge in [-0.1, -0.05) is 31.4 Å². The molecule has 3 heteroatoms. The van der Waals surface area contributed by atoms with E-state index in [4.69, 9.17) is 15.9 Å². The molecule has 1 fully saturated rings. The number of allylic oxidation sites excluding steroid dienone is 2. The summed E-state index contributed by atoms with van der Waals surface area (Å²) >= 11 is 0. The lowest BCUT2D eigenvalue weighted by atomic mass is 10.1. The maximum absolute atomic E-state index is 12.2. The smallest absolute Gasteiger partial charge is 0.312 e. The molecule has 1 rings (SSSR count). The Labute approximate surface area is 128 Å². The quantitative estimate of drug-likeness (QED) is 0.338. The summed E-state index contributed by atoms with van der Waals surface area (Å²) in [6.45, 7) is 11.0. The molecule has 0 aromatic heterocycles. The van der Waals surface area contributed by atoms with Crippen molar-refractivity contribution in [3.8, 4) is 24.2 Å². The van der Waals surface area contributed by atoms with E-state index < -0.39 is 6.10 Å². The predicted octanol–water partition coefficient (Wildman–Crippen LogP) is 2.81. The number of esters is 1. The fourth-order valence-corrected chi connectivity index (χ4v) is 2.38. The molecule has 0 radical (unpaired) electrons. The largest absolute Gasteiger partial charge is 0.437 e. The van der Waals surface area contributed by atoms with Gasteiger partial charge in [0.25, 0.3) is 0 Å². The summed E-state index contributed by atoms with van der Waals surface area (Å²) in [5.74, 6) is 7.68. The lowest BCUT2D eigenvalue weighted by Crippen LogP contribution is -2.18. The molecule has 0 amide bonds. The number of carbonyl (C=O) groups is 1. The Morgan fingerprint density at radius 2 is 2.10 bits per heavy atom. The molecule has 0 N–H and O–H groups in total. The molecule has 1 aliphatic carbocycles. The van der Waals surface area contributed by atoms with Crippen LogP contribution in [0.3, 0.4) is 0 Å². The van der Waals surface area contributed by atoms with Crippen molar-refractivity contribution in [3.05, 3.63) is 11.6 Å². The van der Waals surface area contributed by atoms with E-state index in [2.05, 4.69) is 37.7 Å². The standard InChI is InChI=1S/C18H24O3/c1-7-14(10-9-11-20-8-2)21-17(19)16-15(12-13(3)4)18(16,5)6/h1,12,14-16H,8,11H2,2-6H3. The summed E-state index contributed by atoms with van der Waals surface area (Å²) in [6.07, 6.45) is 6.68. The molecule has 1 saturated carbocycles. The molecule has 3 atom stereocenters. The Morgan fingerprint density at radius 3 is 2.62 bits per heavy atom. The van der Waals surface area contributed by atoms with Crippen LogP contribution in [-0.4, -0.2) is 25.3 Å². The van der Waals surface area contributed by atoms with Crippen molar-refractivity contribution < 1.29 is 14.3 Å². The molecular formula is C18H24O3. The van der Waals surface area contributed by atoms with Gasteiger partial charge in [0, 0.05) is 6.61 Å². The van der Waals surface area contributed by atoms with Crippen molar-refractivity contribution in [1.82, 2.24) is 0 Å². The highest BCUT2D eigenvalue weighted by molar-refractivity contribution is 5.79. The van der Waals surface area contributed by atoms with Gasteiger partial charge < -0.3 is 9.47 Å². The van der Waals surface area contributed by atoms with Gasteiger partial charge in [-0.15, -0.1) is 6.42 Å². The van der Waals surface area contributed by atoms with Gasteiger partial charge in [0.1, 0.15) is 6.61 Å². The van der Waals surface area contributed by atoms with Crippen molar-refractivity contribution >= 4 is 5.97 Å². The molecule has 0 heterocycles. The Balaban J connectivity index is 2.62. The summed E-state index contributed by atoms with van der Waals surface area (Å²) in [7, 11) is 0. The molecule has 114 valence electrons. The van der Waals surface area contributed by atoms with Gasteiger partial charge in [-0.2, -0.15) is 0 Å². The Morgan fingerprint density at radius 1 is 1.43 bits per heavy atom. The number of carbonyl (C=O) groups excluding carboxylic acids is 1. The summed E-state index contributed by atoms with van der Waals surface area (Å²) < 4.78 is 10.4. The zero-order valence-corrected chi connectivity index (χ0v) is 13.5. The first kappa shape index (κ1) is 17.3. The normalized spacial score (nSPS) is 23.0. The zero-order valence-electron chi connectivity index (χ0n) is 13.5. The molecule has 3 nitrogen and oxygen atoms in total. The van der Waals surface area contributed by atoms with Crippen LogP contribution in [0, 0.1) is 41.4 Å². The van der Waals surface area contributed by atoms with Gasteiger partial charge in [-0.3, -0.25) is 4.79 Å². The van der Waals surface area contributed by atoms with E-state index in [0.29, 0.717) is 13.2 Å². The van der Waals surface area contributed by atoms with E-state index in [1.165, 1.54) is 5.57 Å². The summed E-state index contributed by atoms with van der Waals surface area (Å²) in [5, 5.41) is 0. The molecule has 3 unspecified atom stereocenters. The third-order valence-corrected chi connectivity index (χ3v) is 3.67. The second-order valence-electron chi connectivity index (χ2n) is 6.01. The van der Waals surface area contributed by atoms with E-state index in [1.54, 1.807) is 0 Å². The topological polar surface area (TPSA) is 35.5 Å². The van der Waals surface area contributed by atoms with Crippen molar-refractivity contribution in [2.45, 2.75) is 40.7 Å². The lowest BCUT2D eigenvalue weighted by Gasteiger charge is -2.07. The second kappa shape index (κ2) is 7.34. The van der Waals surface area contributed by atoms with Crippen LogP contribution in [0.25, 0.3) is 0 Å². The highest BCUT2D eigenvalue weighted by atomic mass is 16.5. The van der Waals surface area contributed by atoms with Crippen molar-refractivity contribution in [3.63, 3.8) is 0 Å². The Hall–Kier alpha value is -1.71. The van der Waals surface area contributed by atoms with Crippen LogP contribution in [0.2, 0.25) is 0 Å². The van der Waals surface area contributed by atoms with E-state index in [9.17, 15) is 4.79 Å². The fraction of sp³-hybridized carbons (Fsp3) is 0.611. The maximum atomic E-state index is 12.2. The first-order chi connectivity index (χ1) is 9.84. The number of hydrogen-bond acceptors (Lipinski definition) is 3. The maximum Gasteiger partial charge on any atom is 0.312 e. The molecule has 0 spiro atoms. The third-order valence-electron chi connectivity index (χ3n) is 3.67. The molecule has 21 heavy (non-hydrogen) atoms.